The highest BCUT2D eigenvalue weighted by molar-refractivity contribution is 6.26. The number of para-hydroxylation sites is 2. The van der Waals surface area contributed by atoms with Crippen molar-refractivity contribution in [2.24, 2.45) is 7.05 Å². The van der Waals surface area contributed by atoms with E-state index < -0.39 is 0 Å². The second kappa shape index (κ2) is 10.2. The molecule has 9 aromatic rings. The van der Waals surface area contributed by atoms with E-state index in [0.29, 0.717) is 0 Å². The lowest BCUT2D eigenvalue weighted by molar-refractivity contribution is 0.415. The van der Waals surface area contributed by atoms with Crippen LogP contribution in [0, 0.1) is 0 Å². The van der Waals surface area contributed by atoms with Gasteiger partial charge in [-0.05, 0) is 53.1 Å². The molecule has 9 rings (SSSR count). The quantitative estimate of drug-likeness (QED) is 0.199. The molecule has 0 aliphatic rings. The molecule has 220 valence electrons. The van der Waals surface area contributed by atoms with Gasteiger partial charge in [-0.3, -0.25) is 9.13 Å². The number of ether oxygens (including phenoxy) is 1. The highest BCUT2D eigenvalue weighted by atomic mass is 16.5. The summed E-state index contributed by atoms with van der Waals surface area (Å²) in [7, 11) is 3.73. The van der Waals surface area contributed by atoms with E-state index in [0.717, 1.165) is 77.9 Å². The molecular formula is C40H29N5O. The van der Waals surface area contributed by atoms with Crippen molar-refractivity contribution in [3.8, 4) is 39.6 Å². The van der Waals surface area contributed by atoms with Crippen molar-refractivity contribution in [3.63, 3.8) is 0 Å². The molecule has 4 heterocycles. The number of benzene rings is 5. The largest absolute Gasteiger partial charge is 0.497 e. The fourth-order valence-corrected chi connectivity index (χ4v) is 6.92. The minimum absolute atomic E-state index is 0.812. The lowest BCUT2D eigenvalue weighted by atomic mass is 9.96. The van der Waals surface area contributed by atoms with Crippen molar-refractivity contribution in [3.05, 3.63) is 140 Å². The van der Waals surface area contributed by atoms with Gasteiger partial charge in [0.1, 0.15) is 11.4 Å². The van der Waals surface area contributed by atoms with Crippen LogP contribution in [0.3, 0.4) is 0 Å². The van der Waals surface area contributed by atoms with Gasteiger partial charge in [-0.1, -0.05) is 91.0 Å². The Morgan fingerprint density at radius 2 is 1.22 bits per heavy atom. The third-order valence-corrected chi connectivity index (χ3v) is 9.00. The molecule has 0 amide bonds. The molecule has 0 spiro atoms. The SMILES string of the molecule is COc1ccc(-c2c3c4ccccc4n(-c4cccc(-c5ccccc5)c4)c3nc3c2c2ccccc2n3-c2nccn2C)cc1. The number of fused-ring (bicyclic) bond motifs is 6. The van der Waals surface area contributed by atoms with Gasteiger partial charge in [-0.2, -0.15) is 0 Å². The number of aromatic nitrogens is 5. The molecule has 0 radical (unpaired) electrons. The fourth-order valence-electron chi connectivity index (χ4n) is 6.92. The van der Waals surface area contributed by atoms with Crippen molar-refractivity contribution in [1.82, 2.24) is 23.7 Å². The van der Waals surface area contributed by atoms with Crippen LogP contribution in [0.4, 0.5) is 0 Å². The molecule has 0 unspecified atom stereocenters. The van der Waals surface area contributed by atoms with Crippen LogP contribution in [0.5, 0.6) is 5.75 Å². The molecule has 0 bridgehead atoms. The molecule has 0 aliphatic carbocycles. The predicted molar refractivity (Wildman–Crippen MR) is 187 cm³/mol. The van der Waals surface area contributed by atoms with Crippen LogP contribution in [-0.2, 0) is 7.05 Å². The van der Waals surface area contributed by atoms with Crippen LogP contribution in [0.2, 0.25) is 0 Å². The van der Waals surface area contributed by atoms with Crippen LogP contribution in [0.15, 0.2) is 140 Å². The summed E-state index contributed by atoms with van der Waals surface area (Å²) >= 11 is 0. The molecule has 0 aliphatic heterocycles. The number of hydrogen-bond acceptors (Lipinski definition) is 3. The molecular weight excluding hydrogens is 566 g/mol. The Hall–Kier alpha value is -6.14. The maximum atomic E-state index is 5.60. The zero-order valence-corrected chi connectivity index (χ0v) is 25.4. The van der Waals surface area contributed by atoms with Gasteiger partial charge in [-0.25, -0.2) is 9.97 Å². The third kappa shape index (κ3) is 3.83. The Kier molecular flexibility index (Phi) is 5.83. The van der Waals surface area contributed by atoms with Gasteiger partial charge in [0, 0.05) is 52.2 Å². The fraction of sp³-hybridized carbons (Fsp3) is 0.0500. The second-order valence-corrected chi connectivity index (χ2v) is 11.6. The minimum Gasteiger partial charge on any atom is -0.497 e. The van der Waals surface area contributed by atoms with Gasteiger partial charge in [0.2, 0.25) is 5.95 Å². The number of hydrogen-bond donors (Lipinski definition) is 0. The molecule has 0 saturated heterocycles. The average Bonchev–Trinajstić information content (AvgIpc) is 3.79. The van der Waals surface area contributed by atoms with Crippen LogP contribution < -0.4 is 4.74 Å². The van der Waals surface area contributed by atoms with Crippen molar-refractivity contribution >= 4 is 43.9 Å². The molecule has 5 aromatic carbocycles. The number of nitrogens with zero attached hydrogens (tertiary/aromatic N) is 5. The summed E-state index contributed by atoms with van der Waals surface area (Å²) in [4.78, 5) is 10.4. The van der Waals surface area contributed by atoms with E-state index >= 15 is 0 Å². The summed E-state index contributed by atoms with van der Waals surface area (Å²) in [5, 5.41) is 4.48. The normalized spacial score (nSPS) is 11.7. The monoisotopic (exact) mass is 595 g/mol. The first-order chi connectivity index (χ1) is 22.7. The van der Waals surface area contributed by atoms with E-state index in [2.05, 4.69) is 124 Å². The van der Waals surface area contributed by atoms with E-state index in [4.69, 9.17) is 14.7 Å². The zero-order chi connectivity index (χ0) is 30.8. The van der Waals surface area contributed by atoms with Crippen molar-refractivity contribution in [1.29, 1.82) is 0 Å². The van der Waals surface area contributed by atoms with E-state index in [1.807, 2.05) is 36.1 Å². The number of rotatable bonds is 5. The first kappa shape index (κ1) is 26.3. The van der Waals surface area contributed by atoms with Crippen LogP contribution in [0.25, 0.3) is 77.8 Å². The van der Waals surface area contributed by atoms with E-state index in [9.17, 15) is 0 Å². The van der Waals surface area contributed by atoms with Gasteiger partial charge in [0.05, 0.1) is 18.1 Å². The molecule has 4 aromatic heterocycles. The summed E-state index contributed by atoms with van der Waals surface area (Å²) in [6, 6.07) is 44.8. The first-order valence-corrected chi connectivity index (χ1v) is 15.4. The summed E-state index contributed by atoms with van der Waals surface area (Å²) < 4.78 is 12.1. The molecule has 0 fully saturated rings. The molecule has 6 heteroatoms. The van der Waals surface area contributed by atoms with E-state index in [1.165, 1.54) is 5.56 Å². The molecule has 0 saturated carbocycles. The Morgan fingerprint density at radius 1 is 0.587 bits per heavy atom. The predicted octanol–water partition coefficient (Wildman–Crippen LogP) is 9.35. The number of pyridine rings is 1. The standard InChI is InChI=1S/C40H29N5O/c1-43-24-23-41-40(43)45-34-18-9-7-16-32(34)37-35(27-19-21-30(46-2)22-20-27)36-31-15-6-8-17-33(31)44(38(36)42-39(37)45)29-14-10-13-28(25-29)26-11-4-3-5-12-26/h3-25H,1-2H3. The maximum absolute atomic E-state index is 5.60. The van der Waals surface area contributed by atoms with E-state index in [-0.39, 0.29) is 0 Å². The molecule has 0 atom stereocenters. The maximum Gasteiger partial charge on any atom is 0.215 e. The Balaban J connectivity index is 1.49. The lowest BCUT2D eigenvalue weighted by Crippen LogP contribution is -2.04. The number of imidazole rings is 1. The Labute approximate surface area is 265 Å². The third-order valence-electron chi connectivity index (χ3n) is 9.00. The minimum atomic E-state index is 0.812. The lowest BCUT2D eigenvalue weighted by Gasteiger charge is -2.13. The molecule has 0 N–H and O–H groups in total. The highest BCUT2D eigenvalue weighted by Gasteiger charge is 2.26. The molecule has 6 nitrogen and oxygen atoms in total. The Morgan fingerprint density at radius 3 is 1.89 bits per heavy atom. The Bertz CT molecular complexity index is 2570. The van der Waals surface area contributed by atoms with Gasteiger partial charge < -0.3 is 9.30 Å². The van der Waals surface area contributed by atoms with Crippen molar-refractivity contribution in [2.45, 2.75) is 0 Å². The van der Waals surface area contributed by atoms with Crippen molar-refractivity contribution < 1.29 is 4.74 Å². The van der Waals surface area contributed by atoms with Crippen LogP contribution >= 0.6 is 0 Å². The summed E-state index contributed by atoms with van der Waals surface area (Å²) in [6.45, 7) is 0. The topological polar surface area (TPSA) is 49.8 Å². The summed E-state index contributed by atoms with van der Waals surface area (Å²) in [5.41, 5.74) is 9.54. The first-order valence-electron chi connectivity index (χ1n) is 15.4. The average molecular weight is 596 g/mol. The number of aryl methyl sites for hydroxylation is 1. The second-order valence-electron chi connectivity index (χ2n) is 11.6. The highest BCUT2D eigenvalue weighted by Crippen LogP contribution is 2.45. The van der Waals surface area contributed by atoms with Gasteiger partial charge in [-0.15, -0.1) is 0 Å². The van der Waals surface area contributed by atoms with Crippen molar-refractivity contribution in [2.75, 3.05) is 7.11 Å². The van der Waals surface area contributed by atoms with Gasteiger partial charge in [0.15, 0.2) is 5.65 Å². The van der Waals surface area contributed by atoms with Crippen LogP contribution in [0.1, 0.15) is 0 Å². The zero-order valence-electron chi connectivity index (χ0n) is 25.4. The smallest absolute Gasteiger partial charge is 0.215 e. The number of methoxy groups -OCH3 is 1. The summed E-state index contributed by atoms with van der Waals surface area (Å²) in [6.07, 6.45) is 3.82. The van der Waals surface area contributed by atoms with Gasteiger partial charge >= 0.3 is 0 Å². The molecule has 46 heavy (non-hydrogen) atoms. The van der Waals surface area contributed by atoms with Crippen LogP contribution in [-0.4, -0.2) is 30.8 Å². The summed E-state index contributed by atoms with van der Waals surface area (Å²) in [5.74, 6) is 1.63. The van der Waals surface area contributed by atoms with E-state index in [1.54, 1.807) is 7.11 Å². The van der Waals surface area contributed by atoms with Gasteiger partial charge in [0.25, 0.3) is 0 Å².